The molecule has 0 radical (unpaired) electrons. The van der Waals surface area contributed by atoms with E-state index in [1.54, 1.807) is 12.1 Å². The highest BCUT2D eigenvalue weighted by atomic mass is 35.5. The van der Waals surface area contributed by atoms with Crippen LogP contribution in [0.4, 0.5) is 0 Å². The second-order valence-electron chi connectivity index (χ2n) is 6.29. The standard InChI is InChI=1S/C20H16ClN3O2/c21-14-7-8-19(25)13(9-14)11-22-24-20(26)16-10-18(12-5-6-12)23-17-4-2-1-3-15(16)17/h1-4,7-12,25H,5-6H2,(H,24,26)/b22-11-. The number of phenolic OH excluding ortho intramolecular Hbond substituents is 1. The number of nitrogens with zero attached hydrogens (tertiary/aromatic N) is 2. The molecule has 1 fully saturated rings. The molecule has 26 heavy (non-hydrogen) atoms. The van der Waals surface area contributed by atoms with Gasteiger partial charge in [0.05, 0.1) is 17.3 Å². The number of hydrogen-bond donors (Lipinski definition) is 2. The molecule has 1 aliphatic rings. The van der Waals surface area contributed by atoms with E-state index in [2.05, 4.69) is 15.5 Å². The third kappa shape index (κ3) is 3.39. The Hall–Kier alpha value is -2.92. The monoisotopic (exact) mass is 365 g/mol. The fourth-order valence-electron chi connectivity index (χ4n) is 2.82. The number of aromatic hydroxyl groups is 1. The molecule has 4 rings (SSSR count). The number of pyridine rings is 1. The summed E-state index contributed by atoms with van der Waals surface area (Å²) in [4.78, 5) is 17.3. The average Bonchev–Trinajstić information content (AvgIpc) is 3.48. The topological polar surface area (TPSA) is 74.6 Å². The van der Waals surface area contributed by atoms with Crippen molar-refractivity contribution in [3.8, 4) is 5.75 Å². The average molecular weight is 366 g/mol. The summed E-state index contributed by atoms with van der Waals surface area (Å²) in [5, 5.41) is 15.0. The number of hydrazone groups is 1. The molecular formula is C20H16ClN3O2. The van der Waals surface area contributed by atoms with Crippen molar-refractivity contribution in [2.75, 3.05) is 0 Å². The van der Waals surface area contributed by atoms with Gasteiger partial charge in [-0.1, -0.05) is 29.8 Å². The molecule has 6 heteroatoms. The minimum absolute atomic E-state index is 0.0396. The van der Waals surface area contributed by atoms with Crippen molar-refractivity contribution in [2.24, 2.45) is 5.10 Å². The molecule has 1 heterocycles. The maximum absolute atomic E-state index is 12.7. The lowest BCUT2D eigenvalue weighted by Gasteiger charge is -2.08. The first-order valence-corrected chi connectivity index (χ1v) is 8.71. The maximum atomic E-state index is 12.7. The van der Waals surface area contributed by atoms with Crippen LogP contribution in [-0.2, 0) is 0 Å². The molecule has 1 amide bonds. The molecule has 5 nitrogen and oxygen atoms in total. The summed E-state index contributed by atoms with van der Waals surface area (Å²) in [6.45, 7) is 0. The van der Waals surface area contributed by atoms with Crippen molar-refractivity contribution >= 4 is 34.6 Å². The molecule has 0 saturated heterocycles. The van der Waals surface area contributed by atoms with Gasteiger partial charge < -0.3 is 5.11 Å². The molecule has 1 saturated carbocycles. The Morgan fingerprint density at radius 3 is 2.85 bits per heavy atom. The van der Waals surface area contributed by atoms with Gasteiger partial charge in [0.15, 0.2) is 0 Å². The minimum Gasteiger partial charge on any atom is -0.507 e. The van der Waals surface area contributed by atoms with E-state index in [0.717, 1.165) is 29.4 Å². The van der Waals surface area contributed by atoms with Gasteiger partial charge >= 0.3 is 0 Å². The summed E-state index contributed by atoms with van der Waals surface area (Å²) in [7, 11) is 0. The Morgan fingerprint density at radius 2 is 2.04 bits per heavy atom. The van der Waals surface area contributed by atoms with E-state index in [9.17, 15) is 9.90 Å². The van der Waals surface area contributed by atoms with Gasteiger partial charge in [0, 0.05) is 27.6 Å². The molecule has 1 aromatic heterocycles. The predicted molar refractivity (Wildman–Crippen MR) is 102 cm³/mol. The van der Waals surface area contributed by atoms with E-state index in [1.807, 2.05) is 30.3 Å². The molecule has 1 aliphatic carbocycles. The first-order chi connectivity index (χ1) is 12.6. The fraction of sp³-hybridized carbons (Fsp3) is 0.150. The van der Waals surface area contributed by atoms with Crippen LogP contribution in [0.15, 0.2) is 53.6 Å². The van der Waals surface area contributed by atoms with Crippen LogP contribution in [0.2, 0.25) is 5.02 Å². The molecule has 0 aliphatic heterocycles. The number of benzene rings is 2. The van der Waals surface area contributed by atoms with Gasteiger partial charge in [-0.3, -0.25) is 9.78 Å². The van der Waals surface area contributed by atoms with Crippen LogP contribution < -0.4 is 5.43 Å². The molecule has 0 spiro atoms. The van der Waals surface area contributed by atoms with Crippen LogP contribution in [0.1, 0.15) is 40.4 Å². The number of para-hydroxylation sites is 1. The molecular weight excluding hydrogens is 350 g/mol. The number of amides is 1. The van der Waals surface area contributed by atoms with Gasteiger partial charge in [0.25, 0.3) is 5.91 Å². The lowest BCUT2D eigenvalue weighted by Crippen LogP contribution is -2.18. The van der Waals surface area contributed by atoms with Crippen molar-refractivity contribution in [3.63, 3.8) is 0 Å². The number of carbonyl (C=O) groups excluding carboxylic acids is 1. The largest absolute Gasteiger partial charge is 0.507 e. The summed E-state index contributed by atoms with van der Waals surface area (Å²) in [5.41, 5.74) is 5.25. The third-order valence-corrected chi connectivity index (χ3v) is 4.57. The van der Waals surface area contributed by atoms with Crippen molar-refractivity contribution in [1.29, 1.82) is 0 Å². The summed E-state index contributed by atoms with van der Waals surface area (Å²) >= 11 is 5.91. The molecule has 0 bridgehead atoms. The second kappa shape index (κ2) is 6.77. The number of phenols is 1. The number of hydrogen-bond acceptors (Lipinski definition) is 4. The smallest absolute Gasteiger partial charge is 0.272 e. The quantitative estimate of drug-likeness (QED) is 0.536. The Balaban J connectivity index is 1.61. The van der Waals surface area contributed by atoms with Gasteiger partial charge in [0.1, 0.15) is 5.75 Å². The van der Waals surface area contributed by atoms with E-state index in [4.69, 9.17) is 11.6 Å². The van der Waals surface area contributed by atoms with E-state index in [-0.39, 0.29) is 11.7 Å². The highest BCUT2D eigenvalue weighted by molar-refractivity contribution is 6.30. The van der Waals surface area contributed by atoms with Gasteiger partial charge in [-0.2, -0.15) is 5.10 Å². The number of carbonyl (C=O) groups is 1. The number of fused-ring (bicyclic) bond motifs is 1. The summed E-state index contributed by atoms with van der Waals surface area (Å²) in [5.74, 6) is 0.166. The first kappa shape index (κ1) is 16.5. The van der Waals surface area contributed by atoms with Crippen LogP contribution in [-0.4, -0.2) is 22.2 Å². The SMILES string of the molecule is O=C(N/N=C\c1cc(Cl)ccc1O)c1cc(C2CC2)nc2ccccc12. The zero-order chi connectivity index (χ0) is 18.1. The normalized spacial score (nSPS) is 14.0. The second-order valence-corrected chi connectivity index (χ2v) is 6.72. The Kier molecular flexibility index (Phi) is 4.31. The Labute approximate surface area is 155 Å². The molecule has 3 aromatic rings. The van der Waals surface area contributed by atoms with Crippen LogP contribution in [0.5, 0.6) is 5.75 Å². The Bertz CT molecular complexity index is 1030. The lowest BCUT2D eigenvalue weighted by atomic mass is 10.1. The fourth-order valence-corrected chi connectivity index (χ4v) is 3.00. The van der Waals surface area contributed by atoms with Crippen molar-refractivity contribution in [3.05, 3.63) is 70.4 Å². The van der Waals surface area contributed by atoms with Crippen molar-refractivity contribution in [2.45, 2.75) is 18.8 Å². The molecule has 2 aromatic carbocycles. The third-order valence-electron chi connectivity index (χ3n) is 4.34. The molecule has 0 atom stereocenters. The molecule has 2 N–H and O–H groups in total. The zero-order valence-corrected chi connectivity index (χ0v) is 14.6. The predicted octanol–water partition coefficient (Wildman–Crippen LogP) is 4.24. The number of nitrogens with one attached hydrogen (secondary N) is 1. The summed E-state index contributed by atoms with van der Waals surface area (Å²) < 4.78 is 0. The number of aromatic nitrogens is 1. The van der Waals surface area contributed by atoms with Crippen LogP contribution >= 0.6 is 11.6 Å². The van der Waals surface area contributed by atoms with Gasteiger partial charge in [0.2, 0.25) is 0 Å². The number of halogens is 1. The van der Waals surface area contributed by atoms with Crippen molar-refractivity contribution in [1.82, 2.24) is 10.4 Å². The summed E-state index contributed by atoms with van der Waals surface area (Å²) in [6, 6.07) is 14.0. The lowest BCUT2D eigenvalue weighted by molar-refractivity contribution is 0.0956. The first-order valence-electron chi connectivity index (χ1n) is 8.33. The zero-order valence-electron chi connectivity index (χ0n) is 13.8. The highest BCUT2D eigenvalue weighted by Crippen LogP contribution is 2.40. The Morgan fingerprint density at radius 1 is 1.23 bits per heavy atom. The van der Waals surface area contributed by atoms with Gasteiger partial charge in [-0.05, 0) is 43.2 Å². The number of rotatable bonds is 4. The van der Waals surface area contributed by atoms with E-state index in [1.165, 1.54) is 12.3 Å². The van der Waals surface area contributed by atoms with E-state index < -0.39 is 0 Å². The van der Waals surface area contributed by atoms with E-state index in [0.29, 0.717) is 22.1 Å². The van der Waals surface area contributed by atoms with Gasteiger partial charge in [-0.15, -0.1) is 0 Å². The maximum Gasteiger partial charge on any atom is 0.272 e. The summed E-state index contributed by atoms with van der Waals surface area (Å²) in [6.07, 6.45) is 3.58. The van der Waals surface area contributed by atoms with Crippen molar-refractivity contribution < 1.29 is 9.90 Å². The molecule has 0 unspecified atom stereocenters. The molecule has 130 valence electrons. The van der Waals surface area contributed by atoms with E-state index >= 15 is 0 Å². The van der Waals surface area contributed by atoms with Crippen LogP contribution in [0.3, 0.4) is 0 Å². The minimum atomic E-state index is -0.316. The van der Waals surface area contributed by atoms with Crippen LogP contribution in [0.25, 0.3) is 10.9 Å². The van der Waals surface area contributed by atoms with Gasteiger partial charge in [-0.25, -0.2) is 5.43 Å². The van der Waals surface area contributed by atoms with Crippen LogP contribution in [0, 0.1) is 0 Å². The highest BCUT2D eigenvalue weighted by Gasteiger charge is 2.26.